The van der Waals surface area contributed by atoms with E-state index in [1.165, 1.54) is 19.2 Å². The first-order valence-electron chi connectivity index (χ1n) is 16.9. The summed E-state index contributed by atoms with van der Waals surface area (Å²) >= 11 is 0. The monoisotopic (exact) mass is 710 g/mol. The number of amides is 4. The minimum absolute atomic E-state index is 0.0100. The highest BCUT2D eigenvalue weighted by Crippen LogP contribution is 2.28. The number of aromatic nitrogens is 2. The lowest BCUT2D eigenvalue weighted by molar-refractivity contribution is -0.126. The lowest BCUT2D eigenvalue weighted by Gasteiger charge is -2.27. The fourth-order valence-electron chi connectivity index (χ4n) is 6.96. The number of carbonyl (C=O) groups excluding carboxylic acids is 4. The number of carbonyl (C=O) groups is 4. The Morgan fingerprint density at radius 1 is 0.500 bits per heavy atom. The van der Waals surface area contributed by atoms with E-state index in [1.807, 2.05) is 0 Å². The van der Waals surface area contributed by atoms with Crippen molar-refractivity contribution in [1.29, 1.82) is 0 Å². The van der Waals surface area contributed by atoms with E-state index in [1.54, 1.807) is 82.6 Å². The molecule has 4 saturated heterocycles. The third kappa shape index (κ3) is 6.15. The third-order valence-electron chi connectivity index (χ3n) is 9.57. The van der Waals surface area contributed by atoms with E-state index in [0.717, 1.165) is 0 Å². The highest BCUT2D eigenvalue weighted by molar-refractivity contribution is 5.96. The second kappa shape index (κ2) is 13.6. The van der Waals surface area contributed by atoms with Crippen molar-refractivity contribution in [1.82, 2.24) is 9.36 Å². The zero-order valence-corrected chi connectivity index (χ0v) is 27.9. The van der Waals surface area contributed by atoms with Crippen molar-refractivity contribution in [2.45, 2.75) is 25.3 Å². The Morgan fingerprint density at radius 3 is 1.23 bits per heavy atom. The molecule has 16 nitrogen and oxygen atoms in total. The van der Waals surface area contributed by atoms with Gasteiger partial charge in [0.25, 0.3) is 22.9 Å². The number of fused-ring (bicyclic) bond motifs is 1. The van der Waals surface area contributed by atoms with Crippen molar-refractivity contribution < 1.29 is 38.1 Å². The number of ether oxygens (including phenoxy) is 4. The van der Waals surface area contributed by atoms with Crippen LogP contribution in [-0.2, 0) is 41.6 Å². The summed E-state index contributed by atoms with van der Waals surface area (Å²) in [5.41, 5.74) is 1.53. The highest BCUT2D eigenvalue weighted by Gasteiger charge is 2.36. The summed E-state index contributed by atoms with van der Waals surface area (Å²) in [5, 5.41) is 0.420. The zero-order chi connectivity index (χ0) is 35.9. The molecule has 4 aliphatic rings. The molecule has 0 spiro atoms. The fraction of sp³-hybridized carbons (Fsp3) is 0.333. The van der Waals surface area contributed by atoms with Crippen molar-refractivity contribution in [3.8, 4) is 0 Å². The summed E-state index contributed by atoms with van der Waals surface area (Å²) in [5.74, 6) is -0.299. The van der Waals surface area contributed by atoms with E-state index in [2.05, 4.69) is 0 Å². The molecule has 0 aliphatic carbocycles. The molecule has 0 radical (unpaired) electrons. The van der Waals surface area contributed by atoms with Crippen molar-refractivity contribution in [2.75, 3.05) is 72.2 Å². The molecule has 52 heavy (non-hydrogen) atoms. The summed E-state index contributed by atoms with van der Waals surface area (Å²) in [7, 11) is 0. The molecule has 1 aromatic heterocycles. The van der Waals surface area contributed by atoms with Crippen LogP contribution in [0.15, 0.2) is 82.4 Å². The van der Waals surface area contributed by atoms with Crippen LogP contribution >= 0.6 is 0 Å². The maximum atomic E-state index is 13.9. The van der Waals surface area contributed by atoms with Gasteiger partial charge in [0.15, 0.2) is 0 Å². The second-order valence-electron chi connectivity index (χ2n) is 12.8. The molecule has 8 rings (SSSR count). The van der Waals surface area contributed by atoms with Crippen LogP contribution in [0.25, 0.3) is 10.8 Å². The highest BCUT2D eigenvalue weighted by atomic mass is 16.6. The van der Waals surface area contributed by atoms with Crippen LogP contribution in [0.1, 0.15) is 0 Å². The fourth-order valence-corrected chi connectivity index (χ4v) is 6.96. The molecule has 0 unspecified atom stereocenters. The molecule has 268 valence electrons. The largest absolute Gasteiger partial charge is 0.442 e. The second-order valence-corrected chi connectivity index (χ2v) is 12.8. The molecular weight excluding hydrogens is 676 g/mol. The normalized spacial score (nSPS) is 20.9. The molecule has 5 heterocycles. The van der Waals surface area contributed by atoms with Gasteiger partial charge in [-0.15, -0.1) is 0 Å². The SMILES string of the molecule is O=C1COCCN1c1ccc(N2C[C@@H](Cn3c(=O)c4ccccc4c(=O)n3C[C@@H]3CN(c4ccc(N5CCOCC5=O)cc4)C(=O)O3)OC2=O)cc1. The molecule has 4 amide bonds. The number of nitrogens with zero attached hydrogens (tertiary/aromatic N) is 6. The molecule has 0 N–H and O–H groups in total. The molecule has 0 saturated carbocycles. The van der Waals surface area contributed by atoms with Crippen LogP contribution in [0.5, 0.6) is 0 Å². The molecule has 2 atom stereocenters. The van der Waals surface area contributed by atoms with E-state index in [-0.39, 0.29) is 62.0 Å². The van der Waals surface area contributed by atoms with Crippen LogP contribution < -0.4 is 30.7 Å². The van der Waals surface area contributed by atoms with Gasteiger partial charge in [0.05, 0.1) is 50.2 Å². The molecule has 3 aromatic carbocycles. The number of cyclic esters (lactones) is 2. The summed E-state index contributed by atoms with van der Waals surface area (Å²) in [6, 6.07) is 20.3. The Bertz CT molecular complexity index is 2030. The Kier molecular flexibility index (Phi) is 8.68. The number of anilines is 4. The first-order chi connectivity index (χ1) is 25.2. The van der Waals surface area contributed by atoms with Gasteiger partial charge in [-0.2, -0.15) is 0 Å². The first kappa shape index (κ1) is 33.2. The Labute approximate surface area is 295 Å². The summed E-state index contributed by atoms with van der Waals surface area (Å²) in [6.45, 7) is 1.67. The van der Waals surface area contributed by atoms with E-state index >= 15 is 0 Å². The van der Waals surface area contributed by atoms with Gasteiger partial charge in [0.1, 0.15) is 25.4 Å². The average Bonchev–Trinajstić information content (AvgIpc) is 3.73. The standard InChI is InChI=1S/C36H34N6O10/c43-31-21-49-15-13-37(31)23-5-9-25(10-6-23)39-17-27(51-35(39)47)19-41-33(45)29-3-1-2-4-30(29)34(46)42(41)20-28-18-40(36(48)52-28)26-11-7-24(8-12-26)38-14-16-50-22-32(38)44/h1-12,27-28H,13-22H2/t27-,28-/m0/s1. The number of benzene rings is 3. The smallest absolute Gasteiger partial charge is 0.414 e. The lowest BCUT2D eigenvalue weighted by atomic mass is 10.2. The summed E-state index contributed by atoms with van der Waals surface area (Å²) < 4.78 is 24.3. The predicted octanol–water partition coefficient (Wildman–Crippen LogP) is 1.94. The Balaban J connectivity index is 1.01. The van der Waals surface area contributed by atoms with Crippen molar-refractivity contribution >= 4 is 57.5 Å². The van der Waals surface area contributed by atoms with Crippen molar-refractivity contribution in [3.05, 3.63) is 93.5 Å². The molecule has 4 fully saturated rings. The molecule has 0 bridgehead atoms. The quantitative estimate of drug-likeness (QED) is 0.264. The van der Waals surface area contributed by atoms with Gasteiger partial charge >= 0.3 is 12.2 Å². The van der Waals surface area contributed by atoms with Gasteiger partial charge in [-0.25, -0.2) is 19.0 Å². The molecule has 4 aromatic rings. The zero-order valence-electron chi connectivity index (χ0n) is 27.9. The van der Waals surface area contributed by atoms with E-state index in [4.69, 9.17) is 18.9 Å². The Hall–Kier alpha value is -6.00. The van der Waals surface area contributed by atoms with Crippen LogP contribution in [-0.4, -0.2) is 98.2 Å². The van der Waals surface area contributed by atoms with Gasteiger partial charge in [-0.05, 0) is 60.7 Å². The minimum atomic E-state index is -0.794. The van der Waals surface area contributed by atoms with E-state index in [0.29, 0.717) is 49.1 Å². The molecule has 16 heteroatoms. The summed E-state index contributed by atoms with van der Waals surface area (Å²) in [6.07, 6.45) is -2.83. The number of hydrogen-bond acceptors (Lipinski definition) is 10. The average molecular weight is 711 g/mol. The summed E-state index contributed by atoms with van der Waals surface area (Å²) in [4.78, 5) is 84.5. The van der Waals surface area contributed by atoms with Gasteiger partial charge in [0.2, 0.25) is 0 Å². The van der Waals surface area contributed by atoms with Gasteiger partial charge < -0.3 is 28.7 Å². The maximum absolute atomic E-state index is 13.9. The predicted molar refractivity (Wildman–Crippen MR) is 187 cm³/mol. The van der Waals surface area contributed by atoms with Crippen molar-refractivity contribution in [3.63, 3.8) is 0 Å². The van der Waals surface area contributed by atoms with Crippen LogP contribution in [0.3, 0.4) is 0 Å². The Morgan fingerprint density at radius 2 is 0.865 bits per heavy atom. The topological polar surface area (TPSA) is 162 Å². The number of rotatable bonds is 8. The van der Waals surface area contributed by atoms with Gasteiger partial charge in [-0.1, -0.05) is 12.1 Å². The number of morpholine rings is 2. The molecular formula is C36H34N6O10. The van der Waals surface area contributed by atoms with Gasteiger partial charge in [0, 0.05) is 35.8 Å². The number of hydrogen-bond donors (Lipinski definition) is 0. The molecule has 4 aliphatic heterocycles. The third-order valence-corrected chi connectivity index (χ3v) is 9.57. The lowest BCUT2D eigenvalue weighted by Crippen LogP contribution is -2.44. The van der Waals surface area contributed by atoms with E-state index in [9.17, 15) is 28.8 Å². The van der Waals surface area contributed by atoms with Crippen LogP contribution in [0.4, 0.5) is 32.3 Å². The van der Waals surface area contributed by atoms with E-state index < -0.39 is 35.5 Å². The van der Waals surface area contributed by atoms with Crippen LogP contribution in [0, 0.1) is 0 Å². The van der Waals surface area contributed by atoms with Crippen molar-refractivity contribution in [2.24, 2.45) is 0 Å². The van der Waals surface area contributed by atoms with Gasteiger partial charge in [-0.3, -0.25) is 29.0 Å². The first-order valence-corrected chi connectivity index (χ1v) is 16.9. The minimum Gasteiger partial charge on any atom is -0.442 e. The maximum Gasteiger partial charge on any atom is 0.414 e. The van der Waals surface area contributed by atoms with Crippen LogP contribution in [0.2, 0.25) is 0 Å².